The van der Waals surface area contributed by atoms with E-state index in [2.05, 4.69) is 18.3 Å². The van der Waals surface area contributed by atoms with Gasteiger partial charge in [0.1, 0.15) is 0 Å². The zero-order valence-corrected chi connectivity index (χ0v) is 13.1. The van der Waals surface area contributed by atoms with Gasteiger partial charge in [0.05, 0.1) is 10.9 Å². The van der Waals surface area contributed by atoms with E-state index in [0.29, 0.717) is 6.04 Å². The first-order valence-electron chi connectivity index (χ1n) is 7.57. The van der Waals surface area contributed by atoms with Crippen LogP contribution in [0.5, 0.6) is 0 Å². The highest BCUT2D eigenvalue weighted by Gasteiger charge is 2.25. The number of amides is 1. The summed E-state index contributed by atoms with van der Waals surface area (Å²) in [6.07, 6.45) is 8.09. The number of aliphatic imine (C=N–C) groups is 1. The molecular formula is C17H20N2OS. The Labute approximate surface area is 129 Å². The highest BCUT2D eigenvalue weighted by Crippen LogP contribution is 2.29. The molecule has 2 aliphatic rings. The van der Waals surface area contributed by atoms with Crippen molar-refractivity contribution in [3.05, 3.63) is 40.3 Å². The quantitative estimate of drug-likeness (QED) is 0.842. The molecule has 1 aromatic rings. The smallest absolute Gasteiger partial charge is 0.264 e. The highest BCUT2D eigenvalue weighted by atomic mass is 32.2. The minimum atomic E-state index is -0.0298. The molecule has 1 heterocycles. The molecule has 1 saturated carbocycles. The number of nitrogens with zero attached hydrogens (tertiary/aromatic N) is 1. The SMILES string of the molecule is Cc1ccccc1/C=C1\SC(=NC2CCCCC2)NC1=O. The van der Waals surface area contributed by atoms with Gasteiger partial charge in [-0.3, -0.25) is 9.79 Å². The first-order valence-corrected chi connectivity index (χ1v) is 8.38. The number of aryl methyl sites for hydroxylation is 1. The summed E-state index contributed by atoms with van der Waals surface area (Å²) in [6.45, 7) is 2.06. The van der Waals surface area contributed by atoms with Gasteiger partial charge in [-0.15, -0.1) is 0 Å². The molecule has 1 amide bonds. The van der Waals surface area contributed by atoms with Gasteiger partial charge in [0, 0.05) is 0 Å². The normalized spacial score (nSPS) is 23.8. The largest absolute Gasteiger partial charge is 0.301 e. The number of amidine groups is 1. The van der Waals surface area contributed by atoms with Crippen molar-refractivity contribution in [2.45, 2.75) is 45.1 Å². The number of benzene rings is 1. The van der Waals surface area contributed by atoms with Crippen molar-refractivity contribution in [3.8, 4) is 0 Å². The summed E-state index contributed by atoms with van der Waals surface area (Å²) >= 11 is 1.47. The fraction of sp³-hybridized carbons (Fsp3) is 0.412. The van der Waals surface area contributed by atoms with Crippen LogP contribution in [0.2, 0.25) is 0 Å². The monoisotopic (exact) mass is 300 g/mol. The molecule has 1 N–H and O–H groups in total. The van der Waals surface area contributed by atoms with Crippen molar-refractivity contribution in [2.75, 3.05) is 0 Å². The van der Waals surface area contributed by atoms with E-state index in [1.54, 1.807) is 0 Å². The summed E-state index contributed by atoms with van der Waals surface area (Å²) in [7, 11) is 0. The number of nitrogens with one attached hydrogen (secondary N) is 1. The van der Waals surface area contributed by atoms with Crippen LogP contribution in [0, 0.1) is 6.92 Å². The fourth-order valence-electron chi connectivity index (χ4n) is 2.75. The molecule has 2 fully saturated rings. The lowest BCUT2D eigenvalue weighted by molar-refractivity contribution is -0.115. The Balaban J connectivity index is 1.75. The second-order valence-corrected chi connectivity index (χ2v) is 6.68. The summed E-state index contributed by atoms with van der Waals surface area (Å²) in [5.41, 5.74) is 2.27. The minimum Gasteiger partial charge on any atom is -0.301 e. The molecule has 1 aliphatic heterocycles. The van der Waals surface area contributed by atoms with Gasteiger partial charge in [-0.25, -0.2) is 0 Å². The Morgan fingerprint density at radius 1 is 1.24 bits per heavy atom. The van der Waals surface area contributed by atoms with Gasteiger partial charge >= 0.3 is 0 Å². The van der Waals surface area contributed by atoms with E-state index in [9.17, 15) is 4.79 Å². The van der Waals surface area contributed by atoms with E-state index in [0.717, 1.165) is 28.5 Å². The van der Waals surface area contributed by atoms with E-state index in [-0.39, 0.29) is 5.91 Å². The zero-order valence-electron chi connectivity index (χ0n) is 12.3. The maximum absolute atomic E-state index is 12.1. The van der Waals surface area contributed by atoms with Crippen molar-refractivity contribution < 1.29 is 4.79 Å². The maximum Gasteiger partial charge on any atom is 0.264 e. The predicted molar refractivity (Wildman–Crippen MR) is 89.2 cm³/mol. The maximum atomic E-state index is 12.1. The van der Waals surface area contributed by atoms with Crippen molar-refractivity contribution >= 4 is 28.9 Å². The van der Waals surface area contributed by atoms with E-state index >= 15 is 0 Å². The number of thioether (sulfide) groups is 1. The van der Waals surface area contributed by atoms with Crippen LogP contribution < -0.4 is 5.32 Å². The third-order valence-corrected chi connectivity index (χ3v) is 4.92. The zero-order chi connectivity index (χ0) is 14.7. The lowest BCUT2D eigenvalue weighted by Crippen LogP contribution is -2.22. The van der Waals surface area contributed by atoms with Gasteiger partial charge in [0.2, 0.25) is 0 Å². The Morgan fingerprint density at radius 3 is 2.76 bits per heavy atom. The lowest BCUT2D eigenvalue weighted by atomic mass is 9.96. The van der Waals surface area contributed by atoms with E-state index in [4.69, 9.17) is 4.99 Å². The fourth-order valence-corrected chi connectivity index (χ4v) is 3.64. The van der Waals surface area contributed by atoms with Crippen LogP contribution in [-0.4, -0.2) is 17.1 Å². The van der Waals surface area contributed by atoms with Crippen LogP contribution in [0.3, 0.4) is 0 Å². The number of carbonyl (C=O) groups is 1. The highest BCUT2D eigenvalue weighted by molar-refractivity contribution is 8.18. The molecule has 110 valence electrons. The van der Waals surface area contributed by atoms with Gasteiger partial charge < -0.3 is 5.32 Å². The topological polar surface area (TPSA) is 41.5 Å². The molecule has 0 spiro atoms. The van der Waals surface area contributed by atoms with Crippen LogP contribution in [0.15, 0.2) is 34.2 Å². The first kappa shape index (κ1) is 14.4. The summed E-state index contributed by atoms with van der Waals surface area (Å²) < 4.78 is 0. The van der Waals surface area contributed by atoms with Crippen LogP contribution in [0.4, 0.5) is 0 Å². The van der Waals surface area contributed by atoms with Gasteiger partial charge in [0.25, 0.3) is 5.91 Å². The standard InChI is InChI=1S/C17H20N2OS/c1-12-7-5-6-8-13(12)11-15-16(20)19-17(21-15)18-14-9-3-2-4-10-14/h5-8,11,14H,2-4,9-10H2,1H3,(H,18,19,20)/b15-11-. The second-order valence-electron chi connectivity index (χ2n) is 5.65. The van der Waals surface area contributed by atoms with Gasteiger partial charge in [-0.05, 0) is 48.7 Å². The van der Waals surface area contributed by atoms with E-state index < -0.39 is 0 Å². The van der Waals surface area contributed by atoms with Crippen LogP contribution in [0.25, 0.3) is 6.08 Å². The van der Waals surface area contributed by atoms with Crippen molar-refractivity contribution in [2.24, 2.45) is 4.99 Å². The summed E-state index contributed by atoms with van der Waals surface area (Å²) in [5.74, 6) is -0.0298. The Bertz CT molecular complexity index is 601. The summed E-state index contributed by atoms with van der Waals surface area (Å²) in [6, 6.07) is 8.48. The third-order valence-electron chi connectivity index (χ3n) is 4.00. The second kappa shape index (κ2) is 6.48. The molecule has 0 aromatic heterocycles. The molecular weight excluding hydrogens is 280 g/mol. The van der Waals surface area contributed by atoms with Gasteiger partial charge in [-0.1, -0.05) is 43.5 Å². The molecule has 1 aliphatic carbocycles. The predicted octanol–water partition coefficient (Wildman–Crippen LogP) is 3.89. The summed E-state index contributed by atoms with van der Waals surface area (Å²) in [5, 5.41) is 3.67. The summed E-state index contributed by atoms with van der Waals surface area (Å²) in [4.78, 5) is 17.5. The van der Waals surface area contributed by atoms with Crippen molar-refractivity contribution in [3.63, 3.8) is 0 Å². The van der Waals surface area contributed by atoms with Crippen molar-refractivity contribution in [1.82, 2.24) is 5.32 Å². The molecule has 4 heteroatoms. The number of hydrogen-bond donors (Lipinski definition) is 1. The third kappa shape index (κ3) is 3.56. The molecule has 0 atom stereocenters. The van der Waals surface area contributed by atoms with Crippen LogP contribution in [0.1, 0.15) is 43.2 Å². The molecule has 0 radical (unpaired) electrons. The number of hydrogen-bond acceptors (Lipinski definition) is 3. The molecule has 3 nitrogen and oxygen atoms in total. The molecule has 3 rings (SSSR count). The minimum absolute atomic E-state index is 0.0298. The van der Waals surface area contributed by atoms with Crippen LogP contribution in [-0.2, 0) is 4.79 Å². The molecule has 0 unspecified atom stereocenters. The Morgan fingerprint density at radius 2 is 2.00 bits per heavy atom. The Kier molecular flexibility index (Phi) is 4.44. The number of carbonyl (C=O) groups excluding carboxylic acids is 1. The number of rotatable bonds is 2. The van der Waals surface area contributed by atoms with Crippen molar-refractivity contribution in [1.29, 1.82) is 0 Å². The Hall–Kier alpha value is -1.55. The van der Waals surface area contributed by atoms with E-state index in [1.165, 1.54) is 36.6 Å². The molecule has 0 bridgehead atoms. The molecule has 1 aromatic carbocycles. The lowest BCUT2D eigenvalue weighted by Gasteiger charge is -2.17. The molecule has 21 heavy (non-hydrogen) atoms. The van der Waals surface area contributed by atoms with Gasteiger partial charge in [0.15, 0.2) is 5.17 Å². The van der Waals surface area contributed by atoms with Gasteiger partial charge in [-0.2, -0.15) is 0 Å². The van der Waals surface area contributed by atoms with Crippen LogP contribution >= 0.6 is 11.8 Å². The first-order chi connectivity index (χ1) is 10.2. The average molecular weight is 300 g/mol. The van der Waals surface area contributed by atoms with E-state index in [1.807, 2.05) is 24.3 Å². The molecule has 1 saturated heterocycles. The average Bonchev–Trinajstić information content (AvgIpc) is 2.82.